The first-order chi connectivity index (χ1) is 10.6. The molecule has 13 heteroatoms. The molecule has 4 atom stereocenters. The molecule has 0 aliphatic carbocycles. The smallest absolute Gasteiger partial charge is 0.854 e. The van der Waals surface area contributed by atoms with E-state index in [1.807, 2.05) is 55.4 Å². The maximum atomic E-state index is 11.2. The Morgan fingerprint density at radius 3 is 0.852 bits per heavy atom. The zero-order chi connectivity index (χ0) is 19.9. The summed E-state index contributed by atoms with van der Waals surface area (Å²) in [6.45, 7) is 15.6. The van der Waals surface area contributed by atoms with E-state index in [-0.39, 0.29) is 79.4 Å². The summed E-state index contributed by atoms with van der Waals surface area (Å²) in [6, 6.07) is 0. The average Bonchev–Trinajstić information content (AvgIpc) is 2.34. The third-order valence-corrected chi connectivity index (χ3v) is 19.6. The second-order valence-corrected chi connectivity index (χ2v) is 22.5. The molecule has 0 amide bonds. The van der Waals surface area contributed by atoms with Crippen molar-refractivity contribution in [2.45, 2.75) is 89.2 Å². The molecule has 0 radical (unpaired) electrons. The zero-order valence-electron chi connectivity index (χ0n) is 18.0. The second kappa shape index (κ2) is 19.4. The number of hydrogen-bond acceptors (Lipinski definition) is 6. The van der Waals surface area contributed by atoms with Gasteiger partial charge in [0.25, 0.3) is 0 Å². The first kappa shape index (κ1) is 41.2. The molecule has 0 N–H and O–H groups in total. The van der Waals surface area contributed by atoms with E-state index in [1.54, 1.807) is 0 Å². The molecule has 0 aliphatic rings. The molecular formula is C14H32O4P2S4Zn3. The Morgan fingerprint density at radius 1 is 0.630 bits per heavy atom. The van der Waals surface area contributed by atoms with Crippen LogP contribution in [0, 0.1) is 0 Å². The fraction of sp³-hybridized carbons (Fsp3) is 1.00. The summed E-state index contributed by atoms with van der Waals surface area (Å²) >= 11 is 9.07. The Bertz CT molecular complexity index is 436. The van der Waals surface area contributed by atoms with Crippen LogP contribution in [0.3, 0.4) is 0 Å². The fourth-order valence-corrected chi connectivity index (χ4v) is 19.1. The molecule has 0 aromatic carbocycles. The summed E-state index contributed by atoms with van der Waals surface area (Å²) in [6.07, 6.45) is 1.76. The minimum atomic E-state index is -3.54. The second-order valence-electron chi connectivity index (χ2n) is 6.12. The Hall–Kier alpha value is 3.97. The van der Waals surface area contributed by atoms with Crippen molar-refractivity contribution in [3.05, 3.63) is 0 Å². The SMILES string of the molecule is CCC(C)S(C(C)C)=P([O-])([O-])[S-].CCC(C)S(C(C)C)=P([O-])([O-])[S-].[Zn+2].[Zn+2].[Zn+2]. The molecule has 0 saturated heterocycles. The van der Waals surface area contributed by atoms with Crippen molar-refractivity contribution in [1.29, 1.82) is 0 Å². The van der Waals surface area contributed by atoms with E-state index in [1.165, 1.54) is 0 Å². The van der Waals surface area contributed by atoms with Gasteiger partial charge >= 0.3 is 58.4 Å². The maximum Gasteiger partial charge on any atom is 2.00 e. The molecule has 0 fully saturated rings. The fourth-order valence-electron chi connectivity index (χ4n) is 2.23. The van der Waals surface area contributed by atoms with E-state index < -0.39 is 31.5 Å². The van der Waals surface area contributed by atoms with Gasteiger partial charge in [-0.15, -0.1) is 0 Å². The van der Waals surface area contributed by atoms with Crippen LogP contribution in [0.1, 0.15) is 68.2 Å². The van der Waals surface area contributed by atoms with Crippen molar-refractivity contribution in [2.75, 3.05) is 0 Å². The van der Waals surface area contributed by atoms with Gasteiger partial charge in [0.15, 0.2) is 0 Å². The minimum Gasteiger partial charge on any atom is -0.854 e. The van der Waals surface area contributed by atoms with Gasteiger partial charge in [-0.3, -0.25) is 0 Å². The summed E-state index contributed by atoms with van der Waals surface area (Å²) in [4.78, 5) is 44.9. The summed E-state index contributed by atoms with van der Waals surface area (Å²) < 4.78 is 0. The van der Waals surface area contributed by atoms with Crippen LogP contribution in [0.25, 0.3) is 0 Å². The summed E-state index contributed by atoms with van der Waals surface area (Å²) in [5.41, 5.74) is -7.09. The average molecular weight is 651 g/mol. The van der Waals surface area contributed by atoms with Crippen molar-refractivity contribution >= 4 is 56.0 Å². The van der Waals surface area contributed by atoms with Gasteiger partial charge < -0.3 is 55.5 Å². The third kappa shape index (κ3) is 18.1. The van der Waals surface area contributed by atoms with Gasteiger partial charge in [-0.1, -0.05) is 55.4 Å². The Kier molecular flexibility index (Phi) is 29.7. The van der Waals surface area contributed by atoms with E-state index in [4.69, 9.17) is 0 Å². The molecule has 4 nitrogen and oxygen atoms in total. The van der Waals surface area contributed by atoms with Gasteiger partial charge in [0.1, 0.15) is 0 Å². The maximum absolute atomic E-state index is 11.2. The topological polar surface area (TPSA) is 92.2 Å². The summed E-state index contributed by atoms with van der Waals surface area (Å²) in [5, 5.41) is 0.707. The Labute approximate surface area is 221 Å². The number of rotatable bonds is 6. The van der Waals surface area contributed by atoms with E-state index >= 15 is 0 Å². The largest absolute Gasteiger partial charge is 2.00 e. The van der Waals surface area contributed by atoms with Crippen molar-refractivity contribution in [1.82, 2.24) is 0 Å². The molecule has 0 aromatic heterocycles. The van der Waals surface area contributed by atoms with Gasteiger partial charge in [0.2, 0.25) is 0 Å². The molecule has 27 heavy (non-hydrogen) atoms. The van der Waals surface area contributed by atoms with Crippen molar-refractivity contribution in [2.24, 2.45) is 0 Å². The van der Waals surface area contributed by atoms with E-state index in [2.05, 4.69) is 24.5 Å². The molecule has 152 valence electrons. The number of hydrogen-bond donors (Lipinski definition) is 0. The van der Waals surface area contributed by atoms with Crippen molar-refractivity contribution in [3.63, 3.8) is 0 Å². The van der Waals surface area contributed by atoms with Crippen LogP contribution in [-0.2, 0) is 103 Å². The van der Waals surface area contributed by atoms with Crippen molar-refractivity contribution in [3.8, 4) is 0 Å². The van der Waals surface area contributed by atoms with Crippen molar-refractivity contribution < 1.29 is 78.0 Å². The molecule has 0 rings (SSSR count). The molecule has 0 aromatic rings. The van der Waals surface area contributed by atoms with Gasteiger partial charge in [-0.25, -0.2) is 20.1 Å². The first-order valence-corrected chi connectivity index (χ1v) is 17.3. The molecule has 0 bridgehead atoms. The standard InChI is InChI=1S/2C7H16O2PS2.3Zn/c2*1-5-7(4)12(6(2)3)10(8,9)11;;;/h2*6-7H,5H2,1-4H3;;;/q2*-3;3*+2. The molecule has 0 aliphatic heterocycles. The third-order valence-electron chi connectivity index (χ3n) is 3.46. The van der Waals surface area contributed by atoms with E-state index in [0.717, 1.165) is 12.8 Å². The molecule has 0 saturated carbocycles. The van der Waals surface area contributed by atoms with Gasteiger partial charge in [0, 0.05) is 0 Å². The van der Waals surface area contributed by atoms with Crippen LogP contribution in [0.4, 0.5) is 0 Å². The Morgan fingerprint density at radius 2 is 0.815 bits per heavy atom. The van der Waals surface area contributed by atoms with E-state index in [0.29, 0.717) is 0 Å². The predicted molar refractivity (Wildman–Crippen MR) is 113 cm³/mol. The normalized spacial score (nSPS) is 16.0. The van der Waals surface area contributed by atoms with Gasteiger partial charge in [-0.2, -0.15) is 0 Å². The zero-order valence-corrected chi connectivity index (χ0v) is 32.0. The monoisotopic (exact) mass is 646 g/mol. The summed E-state index contributed by atoms with van der Waals surface area (Å²) in [7, 11) is -1.25. The van der Waals surface area contributed by atoms with Crippen LogP contribution < -0.4 is 19.6 Å². The molecule has 0 spiro atoms. The first-order valence-electron chi connectivity index (χ1n) is 8.10. The van der Waals surface area contributed by atoms with Gasteiger partial charge in [0.05, 0.1) is 0 Å². The van der Waals surface area contributed by atoms with Gasteiger partial charge in [-0.05, 0) is 33.8 Å². The van der Waals surface area contributed by atoms with Crippen LogP contribution in [0.15, 0.2) is 0 Å². The van der Waals surface area contributed by atoms with Crippen LogP contribution in [0.5, 0.6) is 0 Å². The van der Waals surface area contributed by atoms with E-state index in [9.17, 15) is 19.6 Å². The van der Waals surface area contributed by atoms with Crippen LogP contribution in [-0.4, -0.2) is 21.0 Å². The predicted octanol–water partition coefficient (Wildman–Crippen LogP) is 1.51. The quantitative estimate of drug-likeness (QED) is 0.246. The molecular weight excluding hydrogens is 619 g/mol. The Balaban J connectivity index is -0.000000108. The molecule has 0 heterocycles. The van der Waals surface area contributed by atoms with Crippen LogP contribution >= 0.6 is 11.4 Å². The minimum absolute atomic E-state index is 0. The molecule has 4 unspecified atom stereocenters. The van der Waals surface area contributed by atoms with Crippen LogP contribution in [0.2, 0.25) is 0 Å². The summed E-state index contributed by atoms with van der Waals surface area (Å²) in [5.74, 6) is 0.